The zero-order chi connectivity index (χ0) is 13.1. The minimum atomic E-state index is 0.738. The van der Waals surface area contributed by atoms with Crippen LogP contribution in [0.25, 0.3) is 0 Å². The van der Waals surface area contributed by atoms with Gasteiger partial charge in [-0.2, -0.15) is 0 Å². The van der Waals surface area contributed by atoms with E-state index in [1.165, 1.54) is 50.8 Å². The standard InChI is InChI=1S/C15H29N3/c1-2-3-4-5-6-7-8-9-10-15-17-12-14-18(15)13-11-16/h2H,1,3-14,16H2. The number of hydrogen-bond donors (Lipinski definition) is 1. The quantitative estimate of drug-likeness (QED) is 0.453. The lowest BCUT2D eigenvalue weighted by Gasteiger charge is -2.19. The van der Waals surface area contributed by atoms with Gasteiger partial charge in [0.05, 0.1) is 12.4 Å². The van der Waals surface area contributed by atoms with Crippen LogP contribution in [0.15, 0.2) is 17.6 Å². The van der Waals surface area contributed by atoms with Gasteiger partial charge in [0.2, 0.25) is 0 Å². The molecule has 104 valence electrons. The molecule has 0 radical (unpaired) electrons. The molecule has 0 unspecified atom stereocenters. The van der Waals surface area contributed by atoms with Gasteiger partial charge in [0.1, 0.15) is 0 Å². The molecule has 0 saturated carbocycles. The van der Waals surface area contributed by atoms with Crippen LogP contribution in [-0.2, 0) is 0 Å². The minimum absolute atomic E-state index is 0.738. The molecule has 1 aliphatic heterocycles. The van der Waals surface area contributed by atoms with Crippen molar-refractivity contribution >= 4 is 5.84 Å². The Balaban J connectivity index is 1.95. The topological polar surface area (TPSA) is 41.6 Å². The second-order valence-corrected chi connectivity index (χ2v) is 5.02. The number of rotatable bonds is 11. The Bertz CT molecular complexity index is 248. The van der Waals surface area contributed by atoms with E-state index in [4.69, 9.17) is 5.73 Å². The molecule has 3 heteroatoms. The van der Waals surface area contributed by atoms with Crippen molar-refractivity contribution in [2.45, 2.75) is 51.4 Å². The van der Waals surface area contributed by atoms with E-state index in [0.29, 0.717) is 0 Å². The summed E-state index contributed by atoms with van der Waals surface area (Å²) in [4.78, 5) is 6.92. The maximum absolute atomic E-state index is 5.60. The first-order valence-corrected chi connectivity index (χ1v) is 7.47. The summed E-state index contributed by atoms with van der Waals surface area (Å²) in [7, 11) is 0. The second-order valence-electron chi connectivity index (χ2n) is 5.02. The fraction of sp³-hybridized carbons (Fsp3) is 0.800. The van der Waals surface area contributed by atoms with Gasteiger partial charge in [-0.25, -0.2) is 0 Å². The third kappa shape index (κ3) is 6.20. The number of hydrogen-bond acceptors (Lipinski definition) is 3. The molecule has 0 spiro atoms. The number of aliphatic imine (C=N–C) groups is 1. The summed E-state index contributed by atoms with van der Waals surface area (Å²) >= 11 is 0. The van der Waals surface area contributed by atoms with E-state index >= 15 is 0 Å². The van der Waals surface area contributed by atoms with Gasteiger partial charge in [-0.05, 0) is 19.3 Å². The monoisotopic (exact) mass is 251 g/mol. The van der Waals surface area contributed by atoms with E-state index in [9.17, 15) is 0 Å². The van der Waals surface area contributed by atoms with Crippen molar-refractivity contribution in [2.75, 3.05) is 26.2 Å². The molecule has 3 nitrogen and oxygen atoms in total. The number of nitrogens with zero attached hydrogens (tertiary/aromatic N) is 2. The van der Waals surface area contributed by atoms with Crippen LogP contribution in [-0.4, -0.2) is 36.9 Å². The van der Waals surface area contributed by atoms with Crippen LogP contribution in [0.2, 0.25) is 0 Å². The fourth-order valence-electron chi connectivity index (χ4n) is 2.44. The van der Waals surface area contributed by atoms with Gasteiger partial charge in [0.15, 0.2) is 0 Å². The molecule has 0 atom stereocenters. The Kier molecular flexibility index (Phi) is 8.57. The highest BCUT2D eigenvalue weighted by Gasteiger charge is 2.14. The molecule has 0 saturated heterocycles. The SMILES string of the molecule is C=CCCCCCCCCC1=NCCN1CCN. The highest BCUT2D eigenvalue weighted by molar-refractivity contribution is 5.83. The van der Waals surface area contributed by atoms with Gasteiger partial charge in [-0.3, -0.25) is 4.99 Å². The zero-order valence-electron chi connectivity index (χ0n) is 11.7. The molecule has 2 N–H and O–H groups in total. The van der Waals surface area contributed by atoms with E-state index in [0.717, 1.165) is 32.6 Å². The van der Waals surface area contributed by atoms with E-state index in [1.807, 2.05) is 6.08 Å². The Morgan fingerprint density at radius 2 is 1.89 bits per heavy atom. The van der Waals surface area contributed by atoms with Crippen LogP contribution in [0.3, 0.4) is 0 Å². The minimum Gasteiger partial charge on any atom is -0.357 e. The van der Waals surface area contributed by atoms with Gasteiger partial charge in [-0.1, -0.05) is 31.8 Å². The van der Waals surface area contributed by atoms with Crippen LogP contribution >= 0.6 is 0 Å². The Morgan fingerprint density at radius 1 is 1.17 bits per heavy atom. The van der Waals surface area contributed by atoms with Crippen molar-refractivity contribution in [3.63, 3.8) is 0 Å². The number of allylic oxidation sites excluding steroid dienone is 1. The maximum atomic E-state index is 5.60. The first kappa shape index (κ1) is 15.2. The first-order chi connectivity index (χ1) is 8.88. The Morgan fingerprint density at radius 3 is 2.61 bits per heavy atom. The van der Waals surface area contributed by atoms with Gasteiger partial charge >= 0.3 is 0 Å². The zero-order valence-corrected chi connectivity index (χ0v) is 11.7. The molecular weight excluding hydrogens is 222 g/mol. The maximum Gasteiger partial charge on any atom is 0.0990 e. The Hall–Kier alpha value is -0.830. The summed E-state index contributed by atoms with van der Waals surface area (Å²) in [5.74, 6) is 1.30. The van der Waals surface area contributed by atoms with Crippen molar-refractivity contribution in [1.82, 2.24) is 4.90 Å². The lowest BCUT2D eigenvalue weighted by Crippen LogP contribution is -2.32. The normalized spacial score (nSPS) is 14.9. The average molecular weight is 251 g/mol. The fourth-order valence-corrected chi connectivity index (χ4v) is 2.44. The molecule has 0 bridgehead atoms. The number of amidine groups is 1. The van der Waals surface area contributed by atoms with Gasteiger partial charge < -0.3 is 10.6 Å². The lowest BCUT2D eigenvalue weighted by atomic mass is 10.1. The largest absolute Gasteiger partial charge is 0.357 e. The van der Waals surface area contributed by atoms with Crippen LogP contribution in [0.1, 0.15) is 51.4 Å². The van der Waals surface area contributed by atoms with Crippen molar-refractivity contribution in [1.29, 1.82) is 0 Å². The summed E-state index contributed by atoms with van der Waals surface area (Å²) in [5, 5.41) is 0. The van der Waals surface area contributed by atoms with E-state index in [1.54, 1.807) is 0 Å². The highest BCUT2D eigenvalue weighted by atomic mass is 15.2. The van der Waals surface area contributed by atoms with E-state index in [-0.39, 0.29) is 0 Å². The third-order valence-electron chi connectivity index (χ3n) is 3.49. The predicted octanol–water partition coefficient (Wildman–Crippen LogP) is 2.97. The van der Waals surface area contributed by atoms with Crippen LogP contribution < -0.4 is 5.73 Å². The molecule has 0 aromatic carbocycles. The molecule has 0 fully saturated rings. The van der Waals surface area contributed by atoms with Crippen LogP contribution in [0, 0.1) is 0 Å². The molecule has 0 aliphatic carbocycles. The first-order valence-electron chi connectivity index (χ1n) is 7.47. The van der Waals surface area contributed by atoms with Crippen LogP contribution in [0.5, 0.6) is 0 Å². The van der Waals surface area contributed by atoms with Crippen LogP contribution in [0.4, 0.5) is 0 Å². The second kappa shape index (κ2) is 10.1. The van der Waals surface area contributed by atoms with Crippen molar-refractivity contribution < 1.29 is 0 Å². The summed E-state index contributed by atoms with van der Waals surface area (Å²) < 4.78 is 0. The molecule has 0 aromatic heterocycles. The smallest absolute Gasteiger partial charge is 0.0990 e. The molecule has 1 rings (SSSR count). The Labute approximate surface area is 112 Å². The molecule has 18 heavy (non-hydrogen) atoms. The van der Waals surface area contributed by atoms with Crippen molar-refractivity contribution in [3.8, 4) is 0 Å². The summed E-state index contributed by atoms with van der Waals surface area (Å²) in [6.45, 7) is 7.51. The van der Waals surface area contributed by atoms with E-state index in [2.05, 4.69) is 16.5 Å². The third-order valence-corrected chi connectivity index (χ3v) is 3.49. The highest BCUT2D eigenvalue weighted by Crippen LogP contribution is 2.12. The summed E-state index contributed by atoms with van der Waals surface area (Å²) in [6, 6.07) is 0. The number of unbranched alkanes of at least 4 members (excludes halogenated alkanes) is 6. The molecule has 0 aromatic rings. The van der Waals surface area contributed by atoms with Crippen molar-refractivity contribution in [2.24, 2.45) is 10.7 Å². The van der Waals surface area contributed by atoms with Gasteiger partial charge in [-0.15, -0.1) is 6.58 Å². The summed E-state index contributed by atoms with van der Waals surface area (Å²) in [6.07, 6.45) is 12.3. The van der Waals surface area contributed by atoms with Gasteiger partial charge in [0.25, 0.3) is 0 Å². The number of nitrogens with two attached hydrogens (primary N) is 1. The van der Waals surface area contributed by atoms with E-state index < -0.39 is 0 Å². The lowest BCUT2D eigenvalue weighted by molar-refractivity contribution is 0.456. The molecule has 1 aliphatic rings. The molecule has 1 heterocycles. The molecule has 0 amide bonds. The van der Waals surface area contributed by atoms with Crippen molar-refractivity contribution in [3.05, 3.63) is 12.7 Å². The summed E-state index contributed by atoms with van der Waals surface area (Å²) in [5.41, 5.74) is 5.60. The molecular formula is C15H29N3. The van der Waals surface area contributed by atoms with Gasteiger partial charge in [0, 0.05) is 26.1 Å². The average Bonchev–Trinajstić information content (AvgIpc) is 2.81. The predicted molar refractivity (Wildman–Crippen MR) is 80.1 cm³/mol.